The Morgan fingerprint density at radius 3 is 2.03 bits per heavy atom. The fourth-order valence-electron chi connectivity index (χ4n) is 5.48. The molecule has 174 valence electrons. The summed E-state index contributed by atoms with van der Waals surface area (Å²) in [6.45, 7) is 0. The van der Waals surface area contributed by atoms with E-state index in [9.17, 15) is 23.6 Å². The highest BCUT2D eigenvalue weighted by Gasteiger charge is 2.74. The van der Waals surface area contributed by atoms with Crippen molar-refractivity contribution in [3.63, 3.8) is 0 Å². The fraction of sp³-hybridized carbons (Fsp3) is 0.185. The van der Waals surface area contributed by atoms with Crippen molar-refractivity contribution in [1.29, 1.82) is 0 Å². The Labute approximate surface area is 199 Å². The molecule has 0 N–H and O–H groups in total. The van der Waals surface area contributed by atoms with Gasteiger partial charge in [0.1, 0.15) is 11.6 Å². The molecule has 0 unspecified atom stereocenters. The Hall–Kier alpha value is -4.17. The standard InChI is InChI=1S/C27H18FNO6/c1-34-15-12-10-14(11-13-15)22-20-21(26(33)29(25(20)32)19-9-5-4-8-18(19)28)27(35-22)23(30)16-6-2-3-7-17(16)24(27)31/h2-13,20-22H,1H3/t20-,21-,22-/m0/s1. The van der Waals surface area contributed by atoms with Crippen LogP contribution >= 0.6 is 0 Å². The maximum atomic E-state index is 14.7. The molecule has 0 radical (unpaired) electrons. The van der Waals surface area contributed by atoms with Gasteiger partial charge in [0.2, 0.25) is 29.0 Å². The molecule has 35 heavy (non-hydrogen) atoms. The van der Waals surface area contributed by atoms with Crippen LogP contribution in [-0.2, 0) is 14.3 Å². The lowest BCUT2D eigenvalue weighted by Gasteiger charge is -2.27. The number of anilines is 1. The summed E-state index contributed by atoms with van der Waals surface area (Å²) in [5.41, 5.74) is -1.67. The van der Waals surface area contributed by atoms with Gasteiger partial charge >= 0.3 is 0 Å². The predicted octanol–water partition coefficient (Wildman–Crippen LogP) is 3.53. The third kappa shape index (κ3) is 2.68. The van der Waals surface area contributed by atoms with E-state index in [1.807, 2.05) is 0 Å². The maximum Gasteiger partial charge on any atom is 0.241 e. The summed E-state index contributed by atoms with van der Waals surface area (Å²) in [5, 5.41) is 0. The molecule has 6 rings (SSSR count). The van der Waals surface area contributed by atoms with Gasteiger partial charge in [-0.15, -0.1) is 0 Å². The number of para-hydroxylation sites is 1. The molecule has 0 bridgehead atoms. The number of carbonyl (C=O) groups is 4. The summed E-state index contributed by atoms with van der Waals surface area (Å²) in [7, 11) is 1.50. The number of rotatable bonds is 3. The molecule has 2 aliphatic heterocycles. The first-order valence-corrected chi connectivity index (χ1v) is 11.0. The average molecular weight is 471 g/mol. The lowest BCUT2D eigenvalue weighted by atomic mass is 9.77. The molecule has 3 atom stereocenters. The number of hydrogen-bond donors (Lipinski definition) is 0. The molecule has 3 aliphatic rings. The van der Waals surface area contributed by atoms with Crippen LogP contribution in [0.2, 0.25) is 0 Å². The van der Waals surface area contributed by atoms with Crippen LogP contribution in [0.25, 0.3) is 0 Å². The summed E-state index contributed by atoms with van der Waals surface area (Å²) in [6, 6.07) is 18.2. The minimum absolute atomic E-state index is 0.135. The topological polar surface area (TPSA) is 90.0 Å². The zero-order valence-electron chi connectivity index (χ0n) is 18.4. The number of nitrogens with zero attached hydrogens (tertiary/aromatic N) is 1. The van der Waals surface area contributed by atoms with Crippen LogP contribution in [0.15, 0.2) is 72.8 Å². The summed E-state index contributed by atoms with van der Waals surface area (Å²) in [5.74, 6) is -5.74. The molecule has 8 heteroatoms. The summed E-state index contributed by atoms with van der Waals surface area (Å²) < 4.78 is 26.1. The van der Waals surface area contributed by atoms with Crippen molar-refractivity contribution in [1.82, 2.24) is 0 Å². The van der Waals surface area contributed by atoms with Gasteiger partial charge in [-0.25, -0.2) is 9.29 Å². The Kier molecular flexibility index (Phi) is 4.53. The van der Waals surface area contributed by atoms with E-state index >= 15 is 0 Å². The van der Waals surface area contributed by atoms with Gasteiger partial charge < -0.3 is 9.47 Å². The van der Waals surface area contributed by atoms with Crippen molar-refractivity contribution in [3.05, 3.63) is 95.3 Å². The molecule has 1 spiro atoms. The van der Waals surface area contributed by atoms with E-state index in [1.165, 1.54) is 37.4 Å². The van der Waals surface area contributed by atoms with E-state index in [0.717, 1.165) is 11.0 Å². The number of fused-ring (bicyclic) bond motifs is 3. The lowest BCUT2D eigenvalue weighted by molar-refractivity contribution is -0.127. The number of methoxy groups -OCH3 is 1. The van der Waals surface area contributed by atoms with Gasteiger partial charge in [-0.1, -0.05) is 48.5 Å². The molecular formula is C27H18FNO6. The molecule has 7 nitrogen and oxygen atoms in total. The Morgan fingerprint density at radius 1 is 0.829 bits per heavy atom. The molecule has 2 fully saturated rings. The second kappa shape index (κ2) is 7.41. The molecule has 1 aliphatic carbocycles. The molecule has 0 aromatic heterocycles. The number of carbonyl (C=O) groups excluding carboxylic acids is 4. The van der Waals surface area contributed by atoms with Gasteiger partial charge in [-0.05, 0) is 29.8 Å². The SMILES string of the molecule is COc1ccc([C@@H]2OC3(C(=O)c4ccccc4C3=O)[C@@H]3C(=O)N(c4ccccc4F)C(=O)[C@@H]32)cc1. The minimum Gasteiger partial charge on any atom is -0.497 e. The molecule has 2 heterocycles. The highest BCUT2D eigenvalue weighted by molar-refractivity contribution is 6.37. The first kappa shape index (κ1) is 21.4. The first-order valence-electron chi connectivity index (χ1n) is 11.0. The van der Waals surface area contributed by atoms with Crippen LogP contribution in [-0.4, -0.2) is 36.1 Å². The fourth-order valence-corrected chi connectivity index (χ4v) is 5.48. The lowest BCUT2D eigenvalue weighted by Crippen LogP contribution is -2.51. The second-order valence-electron chi connectivity index (χ2n) is 8.72. The number of ketones is 2. The van der Waals surface area contributed by atoms with E-state index in [1.54, 1.807) is 36.4 Å². The molecule has 2 amide bonds. The molecular weight excluding hydrogens is 453 g/mol. The van der Waals surface area contributed by atoms with Gasteiger partial charge in [-0.3, -0.25) is 19.2 Å². The van der Waals surface area contributed by atoms with E-state index in [-0.39, 0.29) is 16.8 Å². The predicted molar refractivity (Wildman–Crippen MR) is 121 cm³/mol. The minimum atomic E-state index is -2.20. The number of hydrogen-bond acceptors (Lipinski definition) is 6. The van der Waals surface area contributed by atoms with Crippen molar-refractivity contribution < 1.29 is 33.0 Å². The monoisotopic (exact) mass is 471 g/mol. The summed E-state index contributed by atoms with van der Waals surface area (Å²) in [4.78, 5) is 55.6. The zero-order chi connectivity index (χ0) is 24.5. The van der Waals surface area contributed by atoms with Crippen molar-refractivity contribution in [2.24, 2.45) is 11.8 Å². The number of benzene rings is 3. The van der Waals surface area contributed by atoms with Gasteiger partial charge in [0.25, 0.3) is 0 Å². The maximum absolute atomic E-state index is 14.7. The molecule has 0 saturated carbocycles. The average Bonchev–Trinajstić information content (AvgIpc) is 3.45. The van der Waals surface area contributed by atoms with E-state index in [0.29, 0.717) is 11.3 Å². The van der Waals surface area contributed by atoms with Crippen molar-refractivity contribution in [2.75, 3.05) is 12.0 Å². The normalized spacial score (nSPS) is 24.3. The number of ether oxygens (including phenoxy) is 2. The Morgan fingerprint density at radius 2 is 1.43 bits per heavy atom. The highest BCUT2D eigenvalue weighted by Crippen LogP contribution is 2.57. The van der Waals surface area contributed by atoms with Crippen LogP contribution in [0.3, 0.4) is 0 Å². The van der Waals surface area contributed by atoms with E-state index < -0.39 is 52.7 Å². The van der Waals surface area contributed by atoms with Gasteiger partial charge in [0.05, 0.1) is 30.7 Å². The van der Waals surface area contributed by atoms with Crippen molar-refractivity contribution in [2.45, 2.75) is 11.7 Å². The molecule has 3 aromatic carbocycles. The molecule has 2 saturated heterocycles. The van der Waals surface area contributed by atoms with Crippen LogP contribution in [0.5, 0.6) is 5.75 Å². The van der Waals surface area contributed by atoms with Crippen LogP contribution in [0.1, 0.15) is 32.4 Å². The summed E-state index contributed by atoms with van der Waals surface area (Å²) >= 11 is 0. The van der Waals surface area contributed by atoms with E-state index in [2.05, 4.69) is 0 Å². The van der Waals surface area contributed by atoms with Crippen LogP contribution in [0.4, 0.5) is 10.1 Å². The van der Waals surface area contributed by atoms with Gasteiger partial charge in [-0.2, -0.15) is 0 Å². The summed E-state index contributed by atoms with van der Waals surface area (Å²) in [6.07, 6.45) is -1.08. The highest BCUT2D eigenvalue weighted by atomic mass is 19.1. The Bertz CT molecular complexity index is 1400. The number of imide groups is 1. The third-order valence-corrected chi connectivity index (χ3v) is 7.06. The van der Waals surface area contributed by atoms with Crippen LogP contribution in [0, 0.1) is 17.7 Å². The second-order valence-corrected chi connectivity index (χ2v) is 8.72. The Balaban J connectivity index is 1.54. The van der Waals surface area contributed by atoms with Crippen LogP contribution < -0.4 is 9.64 Å². The van der Waals surface area contributed by atoms with Gasteiger partial charge in [0, 0.05) is 11.1 Å². The van der Waals surface area contributed by atoms with E-state index in [4.69, 9.17) is 9.47 Å². The quantitative estimate of drug-likeness (QED) is 0.429. The largest absolute Gasteiger partial charge is 0.497 e. The molecule has 3 aromatic rings. The van der Waals surface area contributed by atoms with Crippen molar-refractivity contribution >= 4 is 29.1 Å². The zero-order valence-corrected chi connectivity index (χ0v) is 18.4. The number of amides is 2. The van der Waals surface area contributed by atoms with Crippen molar-refractivity contribution in [3.8, 4) is 5.75 Å². The smallest absolute Gasteiger partial charge is 0.241 e. The number of halogens is 1. The number of Topliss-reactive ketones (excluding diaryl/α,β-unsaturated/α-hetero) is 2. The third-order valence-electron chi connectivity index (χ3n) is 7.06. The first-order chi connectivity index (χ1) is 16.9. The van der Waals surface area contributed by atoms with Gasteiger partial charge in [0.15, 0.2) is 0 Å².